The largest absolute Gasteiger partial charge is 0.298 e. The van der Waals surface area contributed by atoms with Gasteiger partial charge < -0.3 is 0 Å². The van der Waals surface area contributed by atoms with E-state index in [-0.39, 0.29) is 5.56 Å². The number of anilines is 1. The van der Waals surface area contributed by atoms with Gasteiger partial charge in [0.15, 0.2) is 5.13 Å². The van der Waals surface area contributed by atoms with E-state index in [2.05, 4.69) is 15.3 Å². The molecular formula is C14H12N4O2S. The van der Waals surface area contributed by atoms with Gasteiger partial charge in [-0.05, 0) is 31.5 Å². The van der Waals surface area contributed by atoms with Crippen molar-refractivity contribution in [2.45, 2.75) is 13.8 Å². The number of aromatic nitrogens is 3. The fraction of sp³-hybridized carbons (Fsp3) is 0.143. The maximum Gasteiger partial charge on any atom is 0.270 e. The lowest BCUT2D eigenvalue weighted by molar-refractivity contribution is 0.102. The molecule has 0 saturated carbocycles. The SMILES string of the molecule is Cc1ccn2c(=O)c(C(=O)Nc3nc(C)cs3)cnc2c1. The van der Waals surface area contributed by atoms with Gasteiger partial charge in [-0.25, -0.2) is 9.97 Å². The van der Waals surface area contributed by atoms with E-state index in [1.54, 1.807) is 18.3 Å². The van der Waals surface area contributed by atoms with E-state index in [1.165, 1.54) is 21.9 Å². The van der Waals surface area contributed by atoms with Crippen molar-refractivity contribution >= 4 is 28.0 Å². The number of carbonyl (C=O) groups is 1. The Balaban J connectivity index is 2.00. The first-order valence-electron chi connectivity index (χ1n) is 6.26. The molecule has 1 N–H and O–H groups in total. The van der Waals surface area contributed by atoms with Crippen LogP contribution in [0.4, 0.5) is 5.13 Å². The first-order valence-corrected chi connectivity index (χ1v) is 7.14. The van der Waals surface area contributed by atoms with E-state index in [0.29, 0.717) is 10.8 Å². The molecule has 3 aromatic heterocycles. The summed E-state index contributed by atoms with van der Waals surface area (Å²) in [6.07, 6.45) is 2.91. The van der Waals surface area contributed by atoms with E-state index in [4.69, 9.17) is 0 Å². The molecule has 0 aromatic carbocycles. The lowest BCUT2D eigenvalue weighted by Gasteiger charge is -2.04. The molecule has 0 fully saturated rings. The van der Waals surface area contributed by atoms with Crippen molar-refractivity contribution in [3.8, 4) is 0 Å². The van der Waals surface area contributed by atoms with Crippen molar-refractivity contribution in [2.24, 2.45) is 0 Å². The summed E-state index contributed by atoms with van der Waals surface area (Å²) >= 11 is 1.31. The highest BCUT2D eigenvalue weighted by atomic mass is 32.1. The van der Waals surface area contributed by atoms with Crippen LogP contribution in [0.3, 0.4) is 0 Å². The second kappa shape index (κ2) is 5.10. The third-order valence-electron chi connectivity index (χ3n) is 2.95. The molecule has 0 atom stereocenters. The zero-order valence-corrected chi connectivity index (χ0v) is 12.3. The number of amides is 1. The summed E-state index contributed by atoms with van der Waals surface area (Å²) in [6.45, 7) is 3.75. The monoisotopic (exact) mass is 300 g/mol. The first-order chi connectivity index (χ1) is 10.0. The molecule has 1 amide bonds. The molecule has 0 saturated heterocycles. The minimum absolute atomic E-state index is 0.00999. The Bertz CT molecular complexity index is 897. The molecule has 6 nitrogen and oxygen atoms in total. The molecule has 0 aliphatic rings. The summed E-state index contributed by atoms with van der Waals surface area (Å²) < 4.78 is 1.36. The van der Waals surface area contributed by atoms with Crippen molar-refractivity contribution in [3.05, 3.63) is 57.1 Å². The summed E-state index contributed by atoms with van der Waals surface area (Å²) in [6, 6.07) is 3.58. The van der Waals surface area contributed by atoms with Crippen molar-refractivity contribution in [1.82, 2.24) is 14.4 Å². The number of pyridine rings is 1. The smallest absolute Gasteiger partial charge is 0.270 e. The summed E-state index contributed by atoms with van der Waals surface area (Å²) in [5.74, 6) is -0.503. The average molecular weight is 300 g/mol. The van der Waals surface area contributed by atoms with E-state index < -0.39 is 11.5 Å². The van der Waals surface area contributed by atoms with Gasteiger partial charge in [0.05, 0.1) is 5.69 Å². The number of nitrogens with one attached hydrogen (secondary N) is 1. The predicted molar refractivity (Wildman–Crippen MR) is 81.0 cm³/mol. The second-order valence-corrected chi connectivity index (χ2v) is 5.52. The number of nitrogens with zero attached hydrogens (tertiary/aromatic N) is 3. The van der Waals surface area contributed by atoms with Crippen LogP contribution in [0.1, 0.15) is 21.6 Å². The van der Waals surface area contributed by atoms with E-state index >= 15 is 0 Å². The standard InChI is InChI=1S/C14H12N4O2S/c1-8-3-4-18-11(5-8)15-6-10(13(18)20)12(19)17-14-16-9(2)7-21-14/h3-7H,1-2H3,(H,16,17,19). The van der Waals surface area contributed by atoms with Crippen LogP contribution in [0.25, 0.3) is 5.65 Å². The number of hydrogen-bond acceptors (Lipinski definition) is 5. The molecular weight excluding hydrogens is 288 g/mol. The van der Waals surface area contributed by atoms with Crippen LogP contribution in [-0.2, 0) is 0 Å². The number of thiazole rings is 1. The predicted octanol–water partition coefficient (Wildman–Crippen LogP) is 2.02. The van der Waals surface area contributed by atoms with Gasteiger partial charge in [0.25, 0.3) is 11.5 Å². The molecule has 0 radical (unpaired) electrons. The number of rotatable bonds is 2. The van der Waals surface area contributed by atoms with Crippen LogP contribution < -0.4 is 10.9 Å². The zero-order valence-electron chi connectivity index (χ0n) is 11.5. The van der Waals surface area contributed by atoms with Crippen molar-refractivity contribution in [1.29, 1.82) is 0 Å². The minimum atomic E-state index is -0.503. The van der Waals surface area contributed by atoms with Gasteiger partial charge in [-0.15, -0.1) is 11.3 Å². The molecule has 106 valence electrons. The molecule has 0 aliphatic carbocycles. The third kappa shape index (κ3) is 2.55. The Morgan fingerprint density at radius 2 is 2.19 bits per heavy atom. The lowest BCUT2D eigenvalue weighted by atomic mass is 10.2. The third-order valence-corrected chi connectivity index (χ3v) is 3.82. The van der Waals surface area contributed by atoms with Crippen LogP contribution in [0.15, 0.2) is 34.7 Å². The fourth-order valence-corrected chi connectivity index (χ4v) is 2.59. The summed E-state index contributed by atoms with van der Waals surface area (Å²) in [5, 5.41) is 4.90. The number of aryl methyl sites for hydroxylation is 2. The van der Waals surface area contributed by atoms with E-state index in [9.17, 15) is 9.59 Å². The Hall–Kier alpha value is -2.54. The van der Waals surface area contributed by atoms with Crippen LogP contribution in [0, 0.1) is 13.8 Å². The van der Waals surface area contributed by atoms with Gasteiger partial charge in [0, 0.05) is 17.8 Å². The fourth-order valence-electron chi connectivity index (χ4n) is 1.91. The molecule has 7 heteroatoms. The molecule has 0 unspecified atom stereocenters. The zero-order chi connectivity index (χ0) is 15.0. The van der Waals surface area contributed by atoms with Gasteiger partial charge >= 0.3 is 0 Å². The number of fused-ring (bicyclic) bond motifs is 1. The normalized spacial score (nSPS) is 10.8. The highest BCUT2D eigenvalue weighted by molar-refractivity contribution is 7.13. The highest BCUT2D eigenvalue weighted by Gasteiger charge is 2.14. The molecule has 3 aromatic rings. The molecule has 21 heavy (non-hydrogen) atoms. The van der Waals surface area contributed by atoms with Crippen LogP contribution in [0.2, 0.25) is 0 Å². The van der Waals surface area contributed by atoms with Crippen molar-refractivity contribution < 1.29 is 4.79 Å². The van der Waals surface area contributed by atoms with Crippen molar-refractivity contribution in [2.75, 3.05) is 5.32 Å². The lowest BCUT2D eigenvalue weighted by Crippen LogP contribution is -2.26. The topological polar surface area (TPSA) is 76.4 Å². The van der Waals surface area contributed by atoms with Gasteiger partial charge in [-0.3, -0.25) is 19.3 Å². The van der Waals surface area contributed by atoms with E-state index in [1.807, 2.05) is 19.2 Å². The van der Waals surface area contributed by atoms with E-state index in [0.717, 1.165) is 11.3 Å². The summed E-state index contributed by atoms with van der Waals surface area (Å²) in [7, 11) is 0. The molecule has 3 heterocycles. The Morgan fingerprint density at radius 3 is 2.90 bits per heavy atom. The van der Waals surface area contributed by atoms with Crippen LogP contribution >= 0.6 is 11.3 Å². The minimum Gasteiger partial charge on any atom is -0.298 e. The maximum absolute atomic E-state index is 12.3. The molecule has 0 aliphatic heterocycles. The maximum atomic E-state index is 12.3. The van der Waals surface area contributed by atoms with Crippen LogP contribution in [-0.4, -0.2) is 20.3 Å². The number of carbonyl (C=O) groups excluding carboxylic acids is 1. The summed E-state index contributed by atoms with van der Waals surface area (Å²) in [5.41, 5.74) is 1.92. The molecule has 0 spiro atoms. The quantitative estimate of drug-likeness (QED) is 0.785. The van der Waals surface area contributed by atoms with Crippen LogP contribution in [0.5, 0.6) is 0 Å². The Labute approximate surface area is 124 Å². The van der Waals surface area contributed by atoms with Crippen molar-refractivity contribution in [3.63, 3.8) is 0 Å². The Morgan fingerprint density at radius 1 is 1.38 bits per heavy atom. The average Bonchev–Trinajstić information content (AvgIpc) is 2.84. The molecule has 0 bridgehead atoms. The second-order valence-electron chi connectivity index (χ2n) is 4.66. The van der Waals surface area contributed by atoms with Gasteiger partial charge in [-0.2, -0.15) is 0 Å². The first kappa shape index (κ1) is 13.4. The molecule has 3 rings (SSSR count). The highest BCUT2D eigenvalue weighted by Crippen LogP contribution is 2.15. The van der Waals surface area contributed by atoms with Gasteiger partial charge in [0.2, 0.25) is 0 Å². The Kier molecular flexibility index (Phi) is 3.26. The number of hydrogen-bond donors (Lipinski definition) is 1. The van der Waals surface area contributed by atoms with Gasteiger partial charge in [-0.1, -0.05) is 0 Å². The van der Waals surface area contributed by atoms with Gasteiger partial charge in [0.1, 0.15) is 11.2 Å². The summed E-state index contributed by atoms with van der Waals surface area (Å²) in [4.78, 5) is 32.8.